The molecule has 4 fully saturated rings. The molecule has 354 valence electrons. The Morgan fingerprint density at radius 1 is 0.824 bits per heavy atom. The number of nitrogens with one attached hydrogen (secondary N) is 2. The standard InChI is InChI=1S/C52H61N11O5/c1-51(68)19-3-2-4-24-62-49(67)41-33-53-50(57-46(41)63(62)44-7-5-6-43(51)55-44)54-37-8-10-38(11-9-37)60-30-22-52(23-31-60)20-28-58(29-21-52)25-16-35-17-26-59(27-18-35)39-12-13-40-36(32-39)34-61(48(40)66)42-14-15-45(64)56-47(42)65/h2,4-13,32-33,35,42,68H,3,14-31,34H2,1H3,(H,53,54,57)(H,56,64,65)/b4-2-/t42?,51-/m1/s1. The van der Waals surface area contributed by atoms with Crippen LogP contribution in [-0.2, 0) is 28.3 Å². The van der Waals surface area contributed by atoms with E-state index in [1.807, 2.05) is 36.4 Å². The highest BCUT2D eigenvalue weighted by Gasteiger charge is 2.40. The second kappa shape index (κ2) is 17.9. The van der Waals surface area contributed by atoms with Gasteiger partial charge in [0.25, 0.3) is 11.5 Å². The predicted molar refractivity (Wildman–Crippen MR) is 260 cm³/mol. The number of imide groups is 1. The molecule has 11 rings (SSSR count). The number of fused-ring (bicyclic) bond motifs is 7. The van der Waals surface area contributed by atoms with Crippen LogP contribution in [0.3, 0.4) is 0 Å². The molecule has 6 aliphatic rings. The number of piperidine rings is 4. The van der Waals surface area contributed by atoms with Crippen LogP contribution in [0.1, 0.15) is 99.2 Å². The summed E-state index contributed by atoms with van der Waals surface area (Å²) in [4.78, 5) is 74.4. The molecule has 0 radical (unpaired) electrons. The number of hydrogen-bond acceptors (Lipinski definition) is 12. The monoisotopic (exact) mass is 919 g/mol. The van der Waals surface area contributed by atoms with Crippen LogP contribution in [0.15, 0.2) is 83.8 Å². The average molecular weight is 920 g/mol. The number of allylic oxidation sites excluding steroid dienone is 2. The molecule has 0 saturated carbocycles. The molecule has 16 heteroatoms. The van der Waals surface area contributed by atoms with Gasteiger partial charge < -0.3 is 30.0 Å². The van der Waals surface area contributed by atoms with Gasteiger partial charge in [0, 0.05) is 68.0 Å². The minimum absolute atomic E-state index is 0.121. The topological polar surface area (TPSA) is 174 Å². The summed E-state index contributed by atoms with van der Waals surface area (Å²) >= 11 is 0. The quantitative estimate of drug-likeness (QED) is 0.122. The molecule has 0 aliphatic carbocycles. The van der Waals surface area contributed by atoms with E-state index < -0.39 is 11.6 Å². The Morgan fingerprint density at radius 3 is 2.35 bits per heavy atom. The lowest BCUT2D eigenvalue weighted by molar-refractivity contribution is -0.136. The number of anilines is 4. The van der Waals surface area contributed by atoms with Crippen molar-refractivity contribution in [1.29, 1.82) is 0 Å². The van der Waals surface area contributed by atoms with E-state index in [0.717, 1.165) is 49.0 Å². The minimum atomic E-state index is -1.11. The van der Waals surface area contributed by atoms with Crippen molar-refractivity contribution in [3.63, 3.8) is 0 Å². The second-order valence-electron chi connectivity index (χ2n) is 20.3. The number of nitrogens with zero attached hydrogens (tertiary/aromatic N) is 9. The van der Waals surface area contributed by atoms with Gasteiger partial charge in [-0.05, 0) is 162 Å². The van der Waals surface area contributed by atoms with Gasteiger partial charge in [0.05, 0.1) is 12.2 Å². The highest BCUT2D eigenvalue weighted by molar-refractivity contribution is 6.05. The predicted octanol–water partition coefficient (Wildman–Crippen LogP) is 6.03. The number of likely N-dealkylation sites (tertiary alicyclic amines) is 1. The van der Waals surface area contributed by atoms with Gasteiger partial charge in [-0.3, -0.25) is 24.5 Å². The van der Waals surface area contributed by atoms with Crippen LogP contribution in [0.4, 0.5) is 23.0 Å². The Bertz CT molecular complexity index is 2830. The first-order valence-corrected chi connectivity index (χ1v) is 24.7. The average Bonchev–Trinajstić information content (AvgIpc) is 3.82. The first kappa shape index (κ1) is 44.1. The van der Waals surface area contributed by atoms with E-state index in [0.29, 0.717) is 71.8 Å². The number of rotatable bonds is 8. The first-order chi connectivity index (χ1) is 33.0. The van der Waals surface area contributed by atoms with Crippen LogP contribution in [0.5, 0.6) is 0 Å². The summed E-state index contributed by atoms with van der Waals surface area (Å²) in [5, 5.41) is 17.3. The third-order valence-corrected chi connectivity index (χ3v) is 16.0. The fourth-order valence-electron chi connectivity index (χ4n) is 11.6. The molecule has 3 amide bonds. The molecule has 2 aromatic carbocycles. The van der Waals surface area contributed by atoms with Crippen LogP contribution in [0.25, 0.3) is 16.9 Å². The fourth-order valence-corrected chi connectivity index (χ4v) is 11.6. The second-order valence-corrected chi connectivity index (χ2v) is 20.3. The van der Waals surface area contributed by atoms with Gasteiger partial charge in [0.15, 0.2) is 11.5 Å². The molecule has 1 spiro atoms. The summed E-state index contributed by atoms with van der Waals surface area (Å²) in [5.41, 5.74) is 4.96. The van der Waals surface area contributed by atoms with Crippen LogP contribution in [0.2, 0.25) is 0 Å². The molecular formula is C52H61N11O5. The number of aliphatic hydroxyl groups is 1. The maximum Gasteiger partial charge on any atom is 0.278 e. The van der Waals surface area contributed by atoms with Crippen molar-refractivity contribution in [1.82, 2.24) is 39.4 Å². The number of carbonyl (C=O) groups excluding carboxylic acids is 3. The van der Waals surface area contributed by atoms with E-state index in [1.165, 1.54) is 70.3 Å². The van der Waals surface area contributed by atoms with E-state index in [-0.39, 0.29) is 29.7 Å². The van der Waals surface area contributed by atoms with Gasteiger partial charge in [-0.2, -0.15) is 4.98 Å². The van der Waals surface area contributed by atoms with Crippen molar-refractivity contribution in [3.05, 3.63) is 106 Å². The van der Waals surface area contributed by atoms with Crippen molar-refractivity contribution >= 4 is 51.8 Å². The number of carbonyl (C=O) groups is 3. The lowest BCUT2D eigenvalue weighted by atomic mass is 9.71. The smallest absolute Gasteiger partial charge is 0.278 e. The molecule has 2 bridgehead atoms. The Hall–Kier alpha value is -6.39. The lowest BCUT2D eigenvalue weighted by Gasteiger charge is -2.47. The molecule has 5 aromatic rings. The summed E-state index contributed by atoms with van der Waals surface area (Å²) in [6.45, 7) is 10.2. The summed E-state index contributed by atoms with van der Waals surface area (Å²) in [6.07, 6.45) is 15.9. The third kappa shape index (κ3) is 8.57. The molecule has 9 heterocycles. The van der Waals surface area contributed by atoms with Crippen LogP contribution < -0.4 is 26.0 Å². The van der Waals surface area contributed by atoms with Gasteiger partial charge in [-0.15, -0.1) is 0 Å². The molecule has 16 nitrogen and oxygen atoms in total. The molecule has 3 N–H and O–H groups in total. The summed E-state index contributed by atoms with van der Waals surface area (Å²) in [6, 6.07) is 19.5. The van der Waals surface area contributed by atoms with Crippen LogP contribution >= 0.6 is 0 Å². The third-order valence-electron chi connectivity index (χ3n) is 16.0. The van der Waals surface area contributed by atoms with Gasteiger partial charge >= 0.3 is 0 Å². The fraction of sp³-hybridized carbons (Fsp3) is 0.481. The summed E-state index contributed by atoms with van der Waals surface area (Å²) < 4.78 is 3.35. The molecule has 68 heavy (non-hydrogen) atoms. The van der Waals surface area contributed by atoms with Crippen molar-refractivity contribution in [2.45, 2.75) is 102 Å². The Morgan fingerprint density at radius 2 is 1.57 bits per heavy atom. The molecule has 3 aromatic heterocycles. The van der Waals surface area contributed by atoms with E-state index in [1.54, 1.807) is 27.4 Å². The number of aromatic nitrogens is 5. The highest BCUT2D eigenvalue weighted by atomic mass is 16.3. The van der Waals surface area contributed by atoms with Crippen molar-refractivity contribution in [2.24, 2.45) is 11.3 Å². The van der Waals surface area contributed by atoms with Gasteiger partial charge in [0.1, 0.15) is 17.0 Å². The zero-order chi connectivity index (χ0) is 46.6. The van der Waals surface area contributed by atoms with Crippen LogP contribution in [-0.4, -0.2) is 109 Å². The van der Waals surface area contributed by atoms with Crippen LogP contribution in [0, 0.1) is 11.3 Å². The normalized spacial score (nSPS) is 23.9. The first-order valence-electron chi connectivity index (χ1n) is 24.7. The van der Waals surface area contributed by atoms with Crippen molar-refractivity contribution in [2.75, 3.05) is 60.9 Å². The van der Waals surface area contributed by atoms with Gasteiger partial charge in [-0.1, -0.05) is 18.2 Å². The highest BCUT2D eigenvalue weighted by Crippen LogP contribution is 2.43. The number of hydrogen-bond donors (Lipinski definition) is 3. The van der Waals surface area contributed by atoms with E-state index in [2.05, 4.69) is 66.7 Å². The number of pyridine rings is 1. The minimum Gasteiger partial charge on any atom is -0.384 e. The summed E-state index contributed by atoms with van der Waals surface area (Å²) in [5.74, 6) is 0.848. The van der Waals surface area contributed by atoms with Gasteiger partial charge in [0.2, 0.25) is 17.8 Å². The zero-order valence-electron chi connectivity index (χ0n) is 38.9. The number of benzene rings is 2. The molecule has 2 atom stereocenters. The molecule has 6 aliphatic heterocycles. The van der Waals surface area contributed by atoms with Gasteiger partial charge in [-0.25, -0.2) is 19.3 Å². The number of amides is 3. The zero-order valence-corrected chi connectivity index (χ0v) is 38.9. The maximum atomic E-state index is 13.6. The van der Waals surface area contributed by atoms with E-state index >= 15 is 0 Å². The largest absolute Gasteiger partial charge is 0.384 e. The molecular weight excluding hydrogens is 859 g/mol. The van der Waals surface area contributed by atoms with E-state index in [4.69, 9.17) is 9.97 Å². The molecule has 4 saturated heterocycles. The Labute approximate surface area is 396 Å². The maximum absolute atomic E-state index is 13.6. The Kier molecular flexibility index (Phi) is 11.6. The SMILES string of the molecule is C[C@@]1(O)CC/C=C\Cn2c(=O)c3cnc(Nc4ccc(N5CCC6(CCN(CCC7CCN(c8ccc9c(c8)CN(C8CCC(=O)NC8=O)C9=O)CC7)CC6)CC5)cc4)nc3n2-c2cccc1n2. The summed E-state index contributed by atoms with van der Waals surface area (Å²) in [7, 11) is 0. The lowest BCUT2D eigenvalue weighted by Crippen LogP contribution is -2.52. The van der Waals surface area contributed by atoms with Crippen molar-refractivity contribution < 1.29 is 19.5 Å². The molecule has 1 unspecified atom stereocenters. The van der Waals surface area contributed by atoms with E-state index in [9.17, 15) is 24.3 Å². The van der Waals surface area contributed by atoms with Crippen molar-refractivity contribution in [3.8, 4) is 5.82 Å². The Balaban J connectivity index is 0.644.